The van der Waals surface area contributed by atoms with Gasteiger partial charge in [0, 0.05) is 0 Å². The van der Waals surface area contributed by atoms with Gasteiger partial charge in [-0.3, -0.25) is 0 Å². The Balaban J connectivity index is 0.000000771. The number of phenolic OH excluding ortho intramolecular Hbond substituents is 1. The van der Waals surface area contributed by atoms with Crippen LogP contribution in [0.25, 0.3) is 11.3 Å². The van der Waals surface area contributed by atoms with Crippen LogP contribution in [-0.2, 0) is 6.42 Å². The third-order valence-corrected chi connectivity index (χ3v) is 2.55. The predicted molar refractivity (Wildman–Crippen MR) is 71.2 cm³/mol. The lowest BCUT2D eigenvalue weighted by atomic mass is 10.1. The van der Waals surface area contributed by atoms with E-state index in [2.05, 4.69) is 0 Å². The molecule has 2 aromatic rings. The normalized spacial score (nSPS) is 9.83. The molecule has 1 aromatic carbocycles. The molecule has 2 nitrogen and oxygen atoms in total. The molecule has 3 heteroatoms. The second kappa shape index (κ2) is 6.24. The van der Waals surface area contributed by atoms with Crippen LogP contribution in [0.5, 0.6) is 5.75 Å². The summed E-state index contributed by atoms with van der Waals surface area (Å²) in [7, 11) is 0. The van der Waals surface area contributed by atoms with Crippen LogP contribution in [-0.4, -0.2) is 5.11 Å². The maximum atomic E-state index is 13.6. The average Bonchev–Trinajstić information content (AvgIpc) is 2.80. The van der Waals surface area contributed by atoms with Crippen LogP contribution in [0, 0.1) is 12.7 Å². The van der Waals surface area contributed by atoms with E-state index in [1.54, 1.807) is 19.1 Å². The van der Waals surface area contributed by atoms with E-state index >= 15 is 0 Å². The van der Waals surface area contributed by atoms with Crippen LogP contribution in [0.2, 0.25) is 0 Å². The van der Waals surface area contributed by atoms with E-state index in [1.807, 2.05) is 20.8 Å². The van der Waals surface area contributed by atoms with Crippen molar-refractivity contribution in [2.45, 2.75) is 34.1 Å². The summed E-state index contributed by atoms with van der Waals surface area (Å²) in [6.45, 7) is 7.64. The van der Waals surface area contributed by atoms with Gasteiger partial charge < -0.3 is 9.52 Å². The zero-order valence-electron chi connectivity index (χ0n) is 11.2. The zero-order chi connectivity index (χ0) is 13.7. The van der Waals surface area contributed by atoms with Crippen LogP contribution in [0.1, 0.15) is 32.1 Å². The van der Waals surface area contributed by atoms with Crippen LogP contribution in [0.3, 0.4) is 0 Å². The lowest BCUT2D eigenvalue weighted by molar-refractivity contribution is 0.468. The fourth-order valence-electron chi connectivity index (χ4n) is 1.65. The Hall–Kier alpha value is -1.77. The highest BCUT2D eigenvalue weighted by molar-refractivity contribution is 5.66. The molecule has 0 radical (unpaired) electrons. The van der Waals surface area contributed by atoms with Crippen LogP contribution in [0.4, 0.5) is 4.39 Å². The summed E-state index contributed by atoms with van der Waals surface area (Å²) in [5.41, 5.74) is 0.896. The van der Waals surface area contributed by atoms with Gasteiger partial charge in [0.05, 0.1) is 5.56 Å². The first-order chi connectivity index (χ1) is 8.61. The summed E-state index contributed by atoms with van der Waals surface area (Å²) in [5.74, 6) is 0.947. The summed E-state index contributed by atoms with van der Waals surface area (Å²) in [4.78, 5) is 0. The molecule has 0 aliphatic heterocycles. The van der Waals surface area contributed by atoms with E-state index in [0.29, 0.717) is 23.3 Å². The summed E-state index contributed by atoms with van der Waals surface area (Å²) < 4.78 is 18.9. The Labute approximate surface area is 107 Å². The fraction of sp³-hybridized carbons (Fsp3) is 0.333. The van der Waals surface area contributed by atoms with Gasteiger partial charge >= 0.3 is 0 Å². The van der Waals surface area contributed by atoms with E-state index < -0.39 is 0 Å². The van der Waals surface area contributed by atoms with Crippen molar-refractivity contribution in [1.29, 1.82) is 0 Å². The SMILES string of the molecule is CC.CCc1cc(O)c(-c2ccc(C)o2)cc1F. The average molecular weight is 250 g/mol. The van der Waals surface area contributed by atoms with Gasteiger partial charge in [0.15, 0.2) is 0 Å². The number of furan rings is 1. The molecule has 1 aromatic heterocycles. The standard InChI is InChI=1S/C13H13FO2.C2H6/c1-3-9-6-12(15)10(7-11(9)14)13-5-4-8(2)16-13;1-2/h4-7,15H,3H2,1-2H3;1-2H3. The highest BCUT2D eigenvalue weighted by atomic mass is 19.1. The molecule has 2 rings (SSSR count). The van der Waals surface area contributed by atoms with Gasteiger partial charge in [-0.25, -0.2) is 4.39 Å². The van der Waals surface area contributed by atoms with E-state index in [4.69, 9.17) is 4.42 Å². The first-order valence-corrected chi connectivity index (χ1v) is 6.20. The number of aromatic hydroxyl groups is 1. The highest BCUT2D eigenvalue weighted by Gasteiger charge is 2.12. The van der Waals surface area contributed by atoms with Gasteiger partial charge in [-0.2, -0.15) is 0 Å². The number of halogens is 1. The number of aryl methyl sites for hydroxylation is 2. The molecule has 0 atom stereocenters. The van der Waals surface area contributed by atoms with Gasteiger partial charge in [0.1, 0.15) is 23.1 Å². The van der Waals surface area contributed by atoms with Crippen molar-refractivity contribution in [3.05, 3.63) is 41.4 Å². The Morgan fingerprint density at radius 3 is 2.39 bits per heavy atom. The number of hydrogen-bond acceptors (Lipinski definition) is 2. The second-order valence-electron chi connectivity index (χ2n) is 3.72. The molecule has 0 amide bonds. The maximum Gasteiger partial charge on any atom is 0.138 e. The highest BCUT2D eigenvalue weighted by Crippen LogP contribution is 2.32. The Morgan fingerprint density at radius 2 is 1.89 bits per heavy atom. The second-order valence-corrected chi connectivity index (χ2v) is 3.72. The minimum atomic E-state index is -0.315. The summed E-state index contributed by atoms with van der Waals surface area (Å²) in [6.07, 6.45) is 0.552. The van der Waals surface area contributed by atoms with Crippen molar-refractivity contribution < 1.29 is 13.9 Å². The van der Waals surface area contributed by atoms with E-state index in [9.17, 15) is 9.50 Å². The molecule has 0 fully saturated rings. The number of hydrogen-bond donors (Lipinski definition) is 1. The molecule has 98 valence electrons. The molecule has 0 bridgehead atoms. The van der Waals surface area contributed by atoms with Gasteiger partial charge in [-0.05, 0) is 43.2 Å². The Bertz CT molecular complexity index is 515. The molecule has 0 aliphatic rings. The minimum Gasteiger partial charge on any atom is -0.507 e. The first kappa shape index (κ1) is 14.3. The molecule has 0 aliphatic carbocycles. The van der Waals surface area contributed by atoms with Crippen LogP contribution >= 0.6 is 0 Å². The predicted octanol–water partition coefficient (Wildman–Crippen LogP) is 4.69. The Kier molecular flexibility index (Phi) is 4.95. The van der Waals surface area contributed by atoms with Crippen LogP contribution < -0.4 is 0 Å². The number of rotatable bonds is 2. The Morgan fingerprint density at radius 1 is 1.22 bits per heavy atom. The molecule has 0 saturated heterocycles. The lowest BCUT2D eigenvalue weighted by Gasteiger charge is -2.05. The molecule has 0 saturated carbocycles. The molecule has 18 heavy (non-hydrogen) atoms. The molecule has 0 spiro atoms. The van der Waals surface area contributed by atoms with Crippen LogP contribution in [0.15, 0.2) is 28.7 Å². The minimum absolute atomic E-state index is 0.0487. The van der Waals surface area contributed by atoms with Crippen molar-refractivity contribution in [2.24, 2.45) is 0 Å². The van der Waals surface area contributed by atoms with E-state index in [-0.39, 0.29) is 11.6 Å². The van der Waals surface area contributed by atoms with Crippen molar-refractivity contribution >= 4 is 0 Å². The zero-order valence-corrected chi connectivity index (χ0v) is 11.2. The fourth-order valence-corrected chi connectivity index (χ4v) is 1.65. The van der Waals surface area contributed by atoms with E-state index in [0.717, 1.165) is 5.76 Å². The first-order valence-electron chi connectivity index (χ1n) is 6.20. The third kappa shape index (κ3) is 2.92. The molecule has 1 N–H and O–H groups in total. The van der Waals surface area contributed by atoms with Gasteiger partial charge in [0.25, 0.3) is 0 Å². The smallest absolute Gasteiger partial charge is 0.138 e. The van der Waals surface area contributed by atoms with Gasteiger partial charge in [-0.1, -0.05) is 20.8 Å². The van der Waals surface area contributed by atoms with Gasteiger partial charge in [-0.15, -0.1) is 0 Å². The van der Waals surface area contributed by atoms with Crippen molar-refractivity contribution in [3.8, 4) is 17.1 Å². The quantitative estimate of drug-likeness (QED) is 0.838. The monoisotopic (exact) mass is 250 g/mol. The van der Waals surface area contributed by atoms with Crippen molar-refractivity contribution in [3.63, 3.8) is 0 Å². The lowest BCUT2D eigenvalue weighted by Crippen LogP contribution is -1.89. The molecular formula is C15H19FO2. The third-order valence-electron chi connectivity index (χ3n) is 2.55. The van der Waals surface area contributed by atoms with Crippen molar-refractivity contribution in [1.82, 2.24) is 0 Å². The molecule has 1 heterocycles. The van der Waals surface area contributed by atoms with E-state index in [1.165, 1.54) is 12.1 Å². The maximum absolute atomic E-state index is 13.6. The summed E-state index contributed by atoms with van der Waals surface area (Å²) in [5, 5.41) is 9.78. The van der Waals surface area contributed by atoms with Gasteiger partial charge in [0.2, 0.25) is 0 Å². The molecular weight excluding hydrogens is 231 g/mol. The van der Waals surface area contributed by atoms with Crippen molar-refractivity contribution in [2.75, 3.05) is 0 Å². The topological polar surface area (TPSA) is 33.4 Å². The molecule has 0 unspecified atom stereocenters. The summed E-state index contributed by atoms with van der Waals surface area (Å²) >= 11 is 0. The largest absolute Gasteiger partial charge is 0.507 e. The number of phenols is 1. The number of benzene rings is 1. The summed E-state index contributed by atoms with van der Waals surface area (Å²) in [6, 6.07) is 6.25.